The summed E-state index contributed by atoms with van der Waals surface area (Å²) in [7, 11) is -1.92. The molecule has 0 saturated heterocycles. The smallest absolute Gasteiger partial charge is 0.243 e. The molecular weight excluding hydrogens is 310 g/mol. The van der Waals surface area contributed by atoms with E-state index >= 15 is 0 Å². The Bertz CT molecular complexity index is 805. The maximum atomic E-state index is 12.7. The minimum Gasteiger partial charge on any atom is -0.265 e. The van der Waals surface area contributed by atoms with Gasteiger partial charge in [-0.2, -0.15) is 9.40 Å². The zero-order chi connectivity index (χ0) is 17.2. The molecule has 0 aliphatic heterocycles. The SMILES string of the molecule is C=CCn1nc(C)c(CN(C)S(=O)(=O)c2ccc(C)cc2)c1C. The van der Waals surface area contributed by atoms with Crippen LogP contribution in [-0.2, 0) is 23.1 Å². The van der Waals surface area contributed by atoms with E-state index in [1.807, 2.05) is 25.5 Å². The Balaban J connectivity index is 2.29. The summed E-state index contributed by atoms with van der Waals surface area (Å²) in [6.45, 7) is 10.4. The molecule has 0 radical (unpaired) electrons. The molecule has 0 bridgehead atoms. The molecule has 0 spiro atoms. The lowest BCUT2D eigenvalue weighted by atomic mass is 10.2. The monoisotopic (exact) mass is 333 g/mol. The molecule has 0 saturated carbocycles. The van der Waals surface area contributed by atoms with Crippen LogP contribution >= 0.6 is 0 Å². The molecule has 0 aliphatic carbocycles. The number of rotatable bonds is 6. The Hall–Kier alpha value is -1.92. The molecule has 0 aliphatic rings. The topological polar surface area (TPSA) is 55.2 Å². The summed E-state index contributed by atoms with van der Waals surface area (Å²) in [6.07, 6.45) is 1.77. The average Bonchev–Trinajstić information content (AvgIpc) is 2.75. The number of sulfonamides is 1. The molecule has 0 N–H and O–H groups in total. The highest BCUT2D eigenvalue weighted by Gasteiger charge is 2.23. The zero-order valence-corrected chi connectivity index (χ0v) is 14.9. The van der Waals surface area contributed by atoms with E-state index in [9.17, 15) is 8.42 Å². The van der Waals surface area contributed by atoms with Crippen LogP contribution in [0.25, 0.3) is 0 Å². The number of aromatic nitrogens is 2. The standard InChI is InChI=1S/C17H23N3O2S/c1-6-11-20-15(4)17(14(3)18-20)12-19(5)23(21,22)16-9-7-13(2)8-10-16/h6-10H,1,11-12H2,2-5H3. The quantitative estimate of drug-likeness (QED) is 0.764. The van der Waals surface area contributed by atoms with Gasteiger partial charge in [0.15, 0.2) is 0 Å². The average molecular weight is 333 g/mol. The molecule has 1 aromatic carbocycles. The molecule has 0 unspecified atom stereocenters. The van der Waals surface area contributed by atoms with E-state index in [0.29, 0.717) is 18.0 Å². The molecule has 124 valence electrons. The van der Waals surface area contributed by atoms with Gasteiger partial charge >= 0.3 is 0 Å². The molecule has 5 nitrogen and oxygen atoms in total. The first-order valence-corrected chi connectivity index (χ1v) is 8.88. The van der Waals surface area contributed by atoms with E-state index in [1.54, 1.807) is 37.4 Å². The molecule has 2 aromatic rings. The van der Waals surface area contributed by atoms with Crippen LogP contribution in [0.5, 0.6) is 0 Å². The summed E-state index contributed by atoms with van der Waals surface area (Å²) < 4.78 is 28.6. The molecular formula is C17H23N3O2S. The fraction of sp³-hybridized carbons (Fsp3) is 0.353. The minimum atomic E-state index is -3.51. The fourth-order valence-corrected chi connectivity index (χ4v) is 3.60. The molecule has 2 rings (SSSR count). The number of aryl methyl sites for hydroxylation is 2. The van der Waals surface area contributed by atoms with Crippen LogP contribution in [0.1, 0.15) is 22.5 Å². The second-order valence-electron chi connectivity index (χ2n) is 5.69. The van der Waals surface area contributed by atoms with E-state index in [4.69, 9.17) is 0 Å². The van der Waals surface area contributed by atoms with Gasteiger partial charge in [0.25, 0.3) is 0 Å². The zero-order valence-electron chi connectivity index (χ0n) is 14.1. The van der Waals surface area contributed by atoms with Crippen molar-refractivity contribution in [1.82, 2.24) is 14.1 Å². The summed E-state index contributed by atoms with van der Waals surface area (Å²) in [5.41, 5.74) is 3.78. The van der Waals surface area contributed by atoms with Crippen molar-refractivity contribution in [3.8, 4) is 0 Å². The maximum absolute atomic E-state index is 12.7. The first-order chi connectivity index (χ1) is 10.8. The van der Waals surface area contributed by atoms with Gasteiger partial charge in [-0.1, -0.05) is 23.8 Å². The highest BCUT2D eigenvalue weighted by molar-refractivity contribution is 7.89. The van der Waals surface area contributed by atoms with Gasteiger partial charge in [0.2, 0.25) is 10.0 Å². The van der Waals surface area contributed by atoms with Crippen LogP contribution in [0.3, 0.4) is 0 Å². The molecule has 1 heterocycles. The summed E-state index contributed by atoms with van der Waals surface area (Å²) in [4.78, 5) is 0.305. The van der Waals surface area contributed by atoms with E-state index in [0.717, 1.165) is 22.5 Å². The number of benzene rings is 1. The van der Waals surface area contributed by atoms with Gasteiger partial charge in [0, 0.05) is 24.8 Å². The molecule has 0 atom stereocenters. The lowest BCUT2D eigenvalue weighted by Gasteiger charge is -2.17. The molecule has 23 heavy (non-hydrogen) atoms. The van der Waals surface area contributed by atoms with Crippen molar-refractivity contribution in [1.29, 1.82) is 0 Å². The predicted molar refractivity (Wildman–Crippen MR) is 91.7 cm³/mol. The molecule has 0 amide bonds. The van der Waals surface area contributed by atoms with Crippen molar-refractivity contribution in [2.45, 2.75) is 38.8 Å². The Kier molecular flexibility index (Phi) is 5.06. The van der Waals surface area contributed by atoms with Gasteiger partial charge in [0.1, 0.15) is 0 Å². The van der Waals surface area contributed by atoms with Crippen LogP contribution in [0, 0.1) is 20.8 Å². The molecule has 0 fully saturated rings. The largest absolute Gasteiger partial charge is 0.265 e. The first kappa shape index (κ1) is 17.4. The second kappa shape index (κ2) is 6.68. The summed E-state index contributed by atoms with van der Waals surface area (Å²) in [6, 6.07) is 6.89. The fourth-order valence-electron chi connectivity index (χ4n) is 2.46. The Morgan fingerprint density at radius 3 is 2.39 bits per heavy atom. The third kappa shape index (κ3) is 3.54. The van der Waals surface area contributed by atoms with Crippen LogP contribution < -0.4 is 0 Å². The number of nitrogens with zero attached hydrogens (tertiary/aromatic N) is 3. The Morgan fingerprint density at radius 2 is 1.83 bits per heavy atom. The predicted octanol–water partition coefficient (Wildman–Crippen LogP) is 2.82. The lowest BCUT2D eigenvalue weighted by Crippen LogP contribution is -2.27. The maximum Gasteiger partial charge on any atom is 0.243 e. The number of hydrogen-bond acceptors (Lipinski definition) is 3. The minimum absolute atomic E-state index is 0.297. The third-order valence-corrected chi connectivity index (χ3v) is 5.76. The van der Waals surface area contributed by atoms with Crippen LogP contribution in [0.2, 0.25) is 0 Å². The highest BCUT2D eigenvalue weighted by Crippen LogP contribution is 2.20. The second-order valence-corrected chi connectivity index (χ2v) is 7.74. The van der Waals surface area contributed by atoms with Gasteiger partial charge in [-0.25, -0.2) is 8.42 Å². The Morgan fingerprint density at radius 1 is 1.22 bits per heavy atom. The van der Waals surface area contributed by atoms with Gasteiger partial charge < -0.3 is 0 Å². The van der Waals surface area contributed by atoms with Crippen LogP contribution in [-0.4, -0.2) is 29.6 Å². The lowest BCUT2D eigenvalue weighted by molar-refractivity contribution is 0.465. The van der Waals surface area contributed by atoms with E-state index in [1.165, 1.54) is 4.31 Å². The van der Waals surface area contributed by atoms with Crippen molar-refractivity contribution in [2.75, 3.05) is 7.05 Å². The number of allylic oxidation sites excluding steroid dienone is 1. The van der Waals surface area contributed by atoms with Crippen molar-refractivity contribution in [2.24, 2.45) is 0 Å². The van der Waals surface area contributed by atoms with Crippen molar-refractivity contribution < 1.29 is 8.42 Å². The first-order valence-electron chi connectivity index (χ1n) is 7.44. The van der Waals surface area contributed by atoms with Gasteiger partial charge in [-0.05, 0) is 32.9 Å². The van der Waals surface area contributed by atoms with Crippen molar-refractivity contribution in [3.05, 3.63) is 59.4 Å². The highest BCUT2D eigenvalue weighted by atomic mass is 32.2. The van der Waals surface area contributed by atoms with Crippen molar-refractivity contribution >= 4 is 10.0 Å². The molecule has 1 aromatic heterocycles. The van der Waals surface area contributed by atoms with Crippen molar-refractivity contribution in [3.63, 3.8) is 0 Å². The van der Waals surface area contributed by atoms with Gasteiger partial charge in [0.05, 0.1) is 17.1 Å². The van der Waals surface area contributed by atoms with E-state index in [2.05, 4.69) is 11.7 Å². The Labute approximate surface area is 138 Å². The van der Waals surface area contributed by atoms with Gasteiger partial charge in [-0.3, -0.25) is 4.68 Å². The van der Waals surface area contributed by atoms with E-state index in [-0.39, 0.29) is 0 Å². The van der Waals surface area contributed by atoms with Gasteiger partial charge in [-0.15, -0.1) is 6.58 Å². The van der Waals surface area contributed by atoms with Crippen LogP contribution in [0.4, 0.5) is 0 Å². The third-order valence-electron chi connectivity index (χ3n) is 3.94. The summed E-state index contributed by atoms with van der Waals surface area (Å²) in [5.74, 6) is 0. The molecule has 6 heteroatoms. The van der Waals surface area contributed by atoms with E-state index < -0.39 is 10.0 Å². The normalized spacial score (nSPS) is 11.9. The van der Waals surface area contributed by atoms with Crippen LogP contribution in [0.15, 0.2) is 41.8 Å². The summed E-state index contributed by atoms with van der Waals surface area (Å²) in [5, 5.41) is 4.44. The summed E-state index contributed by atoms with van der Waals surface area (Å²) >= 11 is 0. The number of hydrogen-bond donors (Lipinski definition) is 0.